The number of anilines is 1. The highest BCUT2D eigenvalue weighted by Crippen LogP contribution is 2.30. The number of hydrogen-bond donors (Lipinski definition) is 2. The first-order valence-corrected chi connectivity index (χ1v) is 3.45. The van der Waals surface area contributed by atoms with E-state index in [1.54, 1.807) is 6.92 Å². The molecular weight excluding hydrogens is 183 g/mol. The van der Waals surface area contributed by atoms with Gasteiger partial charge < -0.3 is 5.43 Å². The summed E-state index contributed by atoms with van der Waals surface area (Å²) in [5, 5.41) is 0. The smallest absolute Gasteiger partial charge is 0.322 e. The van der Waals surface area contributed by atoms with Crippen molar-refractivity contribution in [1.29, 1.82) is 0 Å². The van der Waals surface area contributed by atoms with Crippen molar-refractivity contribution in [2.45, 2.75) is 13.1 Å². The van der Waals surface area contributed by atoms with E-state index >= 15 is 0 Å². The van der Waals surface area contributed by atoms with Crippen molar-refractivity contribution < 1.29 is 13.2 Å². The average Bonchev–Trinajstić information content (AvgIpc) is 2.03. The number of nitrogen functional groups attached to an aromatic ring is 1. The fourth-order valence-electron chi connectivity index (χ4n) is 0.834. The number of rotatable bonds is 1. The van der Waals surface area contributed by atoms with Crippen LogP contribution >= 0.6 is 0 Å². The first kappa shape index (κ1) is 9.79. The highest BCUT2D eigenvalue weighted by Gasteiger charge is 2.31. The van der Waals surface area contributed by atoms with Crippen molar-refractivity contribution in [2.24, 2.45) is 5.84 Å². The van der Waals surface area contributed by atoms with E-state index < -0.39 is 11.7 Å². The van der Waals surface area contributed by atoms with Crippen molar-refractivity contribution in [3.05, 3.63) is 23.5 Å². The van der Waals surface area contributed by atoms with E-state index in [9.17, 15) is 13.2 Å². The molecule has 3 N–H and O–H groups in total. The zero-order valence-corrected chi connectivity index (χ0v) is 6.81. The van der Waals surface area contributed by atoms with Crippen LogP contribution in [0.15, 0.2) is 12.3 Å². The molecule has 0 saturated heterocycles. The van der Waals surface area contributed by atoms with Crippen LogP contribution in [0.3, 0.4) is 0 Å². The third kappa shape index (κ3) is 2.09. The van der Waals surface area contributed by atoms with Crippen LogP contribution in [0.1, 0.15) is 11.3 Å². The van der Waals surface area contributed by atoms with Crippen LogP contribution in [0.25, 0.3) is 0 Å². The largest absolute Gasteiger partial charge is 0.417 e. The second kappa shape index (κ2) is 3.21. The zero-order chi connectivity index (χ0) is 10.1. The van der Waals surface area contributed by atoms with Crippen LogP contribution in [0.2, 0.25) is 0 Å². The minimum atomic E-state index is -4.38. The maximum absolute atomic E-state index is 12.1. The number of alkyl halides is 3. The monoisotopic (exact) mass is 191 g/mol. The first-order valence-electron chi connectivity index (χ1n) is 3.45. The molecule has 0 aliphatic carbocycles. The Labute approximate surface area is 72.7 Å². The summed E-state index contributed by atoms with van der Waals surface area (Å²) in [5.74, 6) is 5.01. The maximum atomic E-state index is 12.1. The molecule has 0 unspecified atom stereocenters. The Kier molecular flexibility index (Phi) is 2.42. The van der Waals surface area contributed by atoms with Crippen LogP contribution < -0.4 is 11.3 Å². The number of aromatic nitrogens is 1. The van der Waals surface area contributed by atoms with Gasteiger partial charge in [0.15, 0.2) is 0 Å². The normalized spacial score (nSPS) is 11.5. The Balaban J connectivity index is 3.14. The topological polar surface area (TPSA) is 50.9 Å². The number of aryl methyl sites for hydroxylation is 1. The molecule has 1 aromatic heterocycles. The van der Waals surface area contributed by atoms with Crippen LogP contribution in [-0.4, -0.2) is 4.98 Å². The summed E-state index contributed by atoms with van der Waals surface area (Å²) < 4.78 is 36.4. The van der Waals surface area contributed by atoms with Crippen molar-refractivity contribution in [2.75, 3.05) is 5.43 Å². The van der Waals surface area contributed by atoms with Gasteiger partial charge in [-0.25, -0.2) is 0 Å². The van der Waals surface area contributed by atoms with Gasteiger partial charge in [-0.3, -0.25) is 10.8 Å². The summed E-state index contributed by atoms with van der Waals surface area (Å²) in [6, 6.07) is 0.919. The van der Waals surface area contributed by atoms with Gasteiger partial charge >= 0.3 is 6.18 Å². The van der Waals surface area contributed by atoms with Crippen LogP contribution in [-0.2, 0) is 6.18 Å². The van der Waals surface area contributed by atoms with E-state index in [-0.39, 0.29) is 5.69 Å². The van der Waals surface area contributed by atoms with E-state index in [0.29, 0.717) is 5.69 Å². The van der Waals surface area contributed by atoms with Crippen LogP contribution in [0, 0.1) is 6.92 Å². The van der Waals surface area contributed by atoms with Crippen LogP contribution in [0.5, 0.6) is 0 Å². The van der Waals surface area contributed by atoms with E-state index in [0.717, 1.165) is 12.3 Å². The summed E-state index contributed by atoms with van der Waals surface area (Å²) in [7, 11) is 0. The molecular formula is C7H8F3N3. The highest BCUT2D eigenvalue weighted by atomic mass is 19.4. The summed E-state index contributed by atoms with van der Waals surface area (Å²) in [4.78, 5) is 3.55. The molecule has 0 aliphatic heterocycles. The second-order valence-corrected chi connectivity index (χ2v) is 2.50. The molecule has 1 heterocycles. The van der Waals surface area contributed by atoms with Gasteiger partial charge in [-0.2, -0.15) is 13.2 Å². The van der Waals surface area contributed by atoms with Gasteiger partial charge in [0.05, 0.1) is 16.9 Å². The predicted octanol–water partition coefficient (Wildman–Crippen LogP) is 1.69. The molecule has 3 nitrogen and oxygen atoms in total. The number of pyridine rings is 1. The summed E-state index contributed by atoms with van der Waals surface area (Å²) >= 11 is 0. The Morgan fingerprint density at radius 1 is 1.46 bits per heavy atom. The molecule has 6 heteroatoms. The molecule has 0 atom stereocenters. The maximum Gasteiger partial charge on any atom is 0.417 e. The molecule has 0 spiro atoms. The third-order valence-electron chi connectivity index (χ3n) is 1.57. The van der Waals surface area contributed by atoms with Crippen LogP contribution in [0.4, 0.5) is 18.9 Å². The predicted molar refractivity (Wildman–Crippen MR) is 41.8 cm³/mol. The second-order valence-electron chi connectivity index (χ2n) is 2.50. The number of halogens is 3. The summed E-state index contributed by atoms with van der Waals surface area (Å²) in [6.45, 7) is 1.56. The summed E-state index contributed by atoms with van der Waals surface area (Å²) in [6.07, 6.45) is -3.61. The fraction of sp³-hybridized carbons (Fsp3) is 0.286. The summed E-state index contributed by atoms with van der Waals surface area (Å²) in [5.41, 5.74) is 1.93. The van der Waals surface area contributed by atoms with E-state index in [2.05, 4.69) is 10.4 Å². The lowest BCUT2D eigenvalue weighted by molar-refractivity contribution is -0.137. The minimum absolute atomic E-state index is 0.176. The number of nitrogens with two attached hydrogens (primary N) is 1. The Bertz CT molecular complexity index is 308. The van der Waals surface area contributed by atoms with Crippen molar-refractivity contribution in [3.8, 4) is 0 Å². The van der Waals surface area contributed by atoms with Gasteiger partial charge in [0.1, 0.15) is 0 Å². The molecule has 13 heavy (non-hydrogen) atoms. The molecule has 0 bridgehead atoms. The van der Waals surface area contributed by atoms with Gasteiger partial charge in [-0.1, -0.05) is 0 Å². The number of nitrogens with zero attached hydrogens (tertiary/aromatic N) is 1. The van der Waals surface area contributed by atoms with Gasteiger partial charge in [-0.15, -0.1) is 0 Å². The van der Waals surface area contributed by atoms with Crippen molar-refractivity contribution in [3.63, 3.8) is 0 Å². The molecule has 0 radical (unpaired) electrons. The molecule has 1 aromatic rings. The molecule has 0 aliphatic rings. The lowest BCUT2D eigenvalue weighted by Crippen LogP contribution is -2.12. The zero-order valence-electron chi connectivity index (χ0n) is 6.81. The molecule has 1 rings (SSSR count). The van der Waals surface area contributed by atoms with E-state index in [1.165, 1.54) is 0 Å². The SMILES string of the molecule is Cc1ncc(C(F)(F)F)cc1NN. The first-order chi connectivity index (χ1) is 5.95. The fourth-order valence-corrected chi connectivity index (χ4v) is 0.834. The average molecular weight is 191 g/mol. The molecule has 0 fully saturated rings. The Hall–Kier alpha value is -1.30. The molecule has 0 amide bonds. The third-order valence-corrected chi connectivity index (χ3v) is 1.57. The van der Waals surface area contributed by atoms with Gasteiger partial charge in [-0.05, 0) is 13.0 Å². The Morgan fingerprint density at radius 2 is 2.08 bits per heavy atom. The van der Waals surface area contributed by atoms with Gasteiger partial charge in [0.2, 0.25) is 0 Å². The van der Waals surface area contributed by atoms with Gasteiger partial charge in [0.25, 0.3) is 0 Å². The quantitative estimate of drug-likeness (QED) is 0.524. The number of nitrogens with one attached hydrogen (secondary N) is 1. The lowest BCUT2D eigenvalue weighted by Gasteiger charge is -2.09. The minimum Gasteiger partial charge on any atom is -0.322 e. The van der Waals surface area contributed by atoms with E-state index in [1.807, 2.05) is 0 Å². The number of hydrogen-bond acceptors (Lipinski definition) is 3. The molecule has 0 saturated carbocycles. The number of hydrazine groups is 1. The highest BCUT2D eigenvalue weighted by molar-refractivity contribution is 5.48. The van der Waals surface area contributed by atoms with Crippen molar-refractivity contribution >= 4 is 5.69 Å². The Morgan fingerprint density at radius 3 is 2.54 bits per heavy atom. The lowest BCUT2D eigenvalue weighted by atomic mass is 10.2. The molecule has 0 aromatic carbocycles. The van der Waals surface area contributed by atoms with E-state index in [4.69, 9.17) is 5.84 Å². The van der Waals surface area contributed by atoms with Crippen molar-refractivity contribution in [1.82, 2.24) is 4.98 Å². The molecule has 72 valence electrons. The standard InChI is InChI=1S/C7H8F3N3/c1-4-6(13-11)2-5(3-12-4)7(8,9)10/h2-3,13H,11H2,1H3. The van der Waals surface area contributed by atoms with Gasteiger partial charge in [0, 0.05) is 6.20 Å².